The number of thiazole rings is 1. The smallest absolute Gasteiger partial charge is 0.357 e. The van der Waals surface area contributed by atoms with Gasteiger partial charge in [-0.25, -0.2) is 9.78 Å². The molecule has 0 amide bonds. The molecular formula is C12H15NO3S. The van der Waals surface area contributed by atoms with E-state index in [0.717, 1.165) is 11.3 Å². The van der Waals surface area contributed by atoms with Gasteiger partial charge in [-0.1, -0.05) is 19.9 Å². The average Bonchev–Trinajstić information content (AvgIpc) is 2.75. The minimum atomic E-state index is -0.490. The molecule has 0 atom stereocenters. The fraction of sp³-hybridized carbons (Fsp3) is 0.417. The van der Waals surface area contributed by atoms with Crippen molar-refractivity contribution in [3.05, 3.63) is 28.2 Å². The van der Waals surface area contributed by atoms with E-state index < -0.39 is 5.97 Å². The number of nitrogens with zero attached hydrogens (tertiary/aromatic N) is 1. The normalized spacial score (nSPS) is 11.1. The van der Waals surface area contributed by atoms with Crippen molar-refractivity contribution in [1.29, 1.82) is 0 Å². The maximum absolute atomic E-state index is 11.7. The highest BCUT2D eigenvalue weighted by molar-refractivity contribution is 7.12. The molecule has 1 rings (SSSR count). The molecule has 5 heteroatoms. The average molecular weight is 253 g/mol. The minimum Gasteiger partial charge on any atom is -0.461 e. The number of allylic oxidation sites excluding steroid dienone is 2. The van der Waals surface area contributed by atoms with Crippen LogP contribution >= 0.6 is 11.3 Å². The number of ketones is 1. The second kappa shape index (κ2) is 6.30. The fourth-order valence-electron chi connectivity index (χ4n) is 1.04. The maximum Gasteiger partial charge on any atom is 0.357 e. The monoisotopic (exact) mass is 253 g/mol. The van der Waals surface area contributed by atoms with Gasteiger partial charge in [-0.15, -0.1) is 11.3 Å². The van der Waals surface area contributed by atoms with Crippen molar-refractivity contribution in [3.63, 3.8) is 0 Å². The predicted molar refractivity (Wildman–Crippen MR) is 66.4 cm³/mol. The summed E-state index contributed by atoms with van der Waals surface area (Å²) in [7, 11) is 0. The van der Waals surface area contributed by atoms with E-state index >= 15 is 0 Å². The Morgan fingerprint density at radius 1 is 1.53 bits per heavy atom. The number of hydrogen-bond acceptors (Lipinski definition) is 5. The highest BCUT2D eigenvalue weighted by Crippen LogP contribution is 2.12. The first-order valence-corrected chi connectivity index (χ1v) is 6.27. The molecule has 0 N–H and O–H groups in total. The Labute approximate surface area is 104 Å². The molecule has 0 aliphatic carbocycles. The highest BCUT2D eigenvalue weighted by atomic mass is 32.1. The summed E-state index contributed by atoms with van der Waals surface area (Å²) in [5.74, 6) is -0.363. The molecule has 0 spiro atoms. The maximum atomic E-state index is 11.7. The van der Waals surface area contributed by atoms with Gasteiger partial charge in [0.25, 0.3) is 0 Å². The molecule has 17 heavy (non-hydrogen) atoms. The molecule has 1 aromatic rings. The van der Waals surface area contributed by atoms with E-state index in [0.29, 0.717) is 17.5 Å². The van der Waals surface area contributed by atoms with Gasteiger partial charge < -0.3 is 4.74 Å². The molecule has 0 radical (unpaired) electrons. The van der Waals surface area contributed by atoms with Crippen molar-refractivity contribution >= 4 is 23.1 Å². The van der Waals surface area contributed by atoms with Crippen LogP contribution in [0.15, 0.2) is 17.5 Å². The molecule has 0 saturated carbocycles. The van der Waals surface area contributed by atoms with Crippen LogP contribution in [-0.2, 0) is 4.74 Å². The quantitative estimate of drug-likeness (QED) is 0.460. The van der Waals surface area contributed by atoms with Crippen molar-refractivity contribution in [2.45, 2.75) is 20.8 Å². The molecule has 0 unspecified atom stereocenters. The third-order valence-corrected chi connectivity index (χ3v) is 2.69. The van der Waals surface area contributed by atoms with Gasteiger partial charge in [-0.05, 0) is 18.9 Å². The molecule has 0 saturated heterocycles. The topological polar surface area (TPSA) is 56.3 Å². The Morgan fingerprint density at radius 3 is 2.82 bits per heavy atom. The number of carbonyl (C=O) groups is 2. The van der Waals surface area contributed by atoms with Crippen molar-refractivity contribution in [1.82, 2.24) is 4.98 Å². The van der Waals surface area contributed by atoms with Gasteiger partial charge in [-0.2, -0.15) is 0 Å². The third kappa shape index (κ3) is 4.11. The van der Waals surface area contributed by atoms with Crippen LogP contribution in [0.1, 0.15) is 41.1 Å². The van der Waals surface area contributed by atoms with Crippen molar-refractivity contribution in [2.24, 2.45) is 5.92 Å². The Balaban J connectivity index is 2.74. The van der Waals surface area contributed by atoms with Gasteiger partial charge in [0.1, 0.15) is 0 Å². The van der Waals surface area contributed by atoms with Crippen molar-refractivity contribution < 1.29 is 14.3 Å². The number of rotatable bonds is 5. The lowest BCUT2D eigenvalue weighted by atomic mass is 10.2. The molecule has 1 heterocycles. The molecule has 0 fully saturated rings. The van der Waals surface area contributed by atoms with E-state index in [4.69, 9.17) is 4.74 Å². The Bertz CT molecular complexity index is 435. The summed E-state index contributed by atoms with van der Waals surface area (Å²) in [6.07, 6.45) is 3.28. The first kappa shape index (κ1) is 13.6. The van der Waals surface area contributed by atoms with Crippen LogP contribution < -0.4 is 0 Å². The summed E-state index contributed by atoms with van der Waals surface area (Å²) >= 11 is 1.15. The molecule has 0 aliphatic rings. The van der Waals surface area contributed by atoms with Crippen LogP contribution in [-0.4, -0.2) is 23.3 Å². The van der Waals surface area contributed by atoms with E-state index in [9.17, 15) is 9.59 Å². The van der Waals surface area contributed by atoms with Crippen LogP contribution in [0.2, 0.25) is 0 Å². The zero-order valence-corrected chi connectivity index (χ0v) is 10.9. The number of aromatic nitrogens is 1. The lowest BCUT2D eigenvalue weighted by Gasteiger charge is -1.95. The summed E-state index contributed by atoms with van der Waals surface area (Å²) < 4.78 is 4.80. The van der Waals surface area contributed by atoms with Gasteiger partial charge in [0, 0.05) is 5.38 Å². The third-order valence-electron chi connectivity index (χ3n) is 1.83. The zero-order valence-electron chi connectivity index (χ0n) is 10.1. The number of esters is 1. The van der Waals surface area contributed by atoms with Crippen LogP contribution in [0.5, 0.6) is 0 Å². The van der Waals surface area contributed by atoms with Crippen LogP contribution in [0.4, 0.5) is 0 Å². The van der Waals surface area contributed by atoms with E-state index in [2.05, 4.69) is 4.98 Å². The molecule has 4 nitrogen and oxygen atoms in total. The molecule has 0 aliphatic heterocycles. The second-order valence-corrected chi connectivity index (χ2v) is 4.58. The number of ether oxygens (including phenoxy) is 1. The summed E-state index contributed by atoms with van der Waals surface area (Å²) in [6.45, 7) is 5.99. The highest BCUT2D eigenvalue weighted by Gasteiger charge is 2.14. The molecule has 0 bridgehead atoms. The Kier molecular flexibility index (Phi) is 5.03. The van der Waals surface area contributed by atoms with E-state index in [-0.39, 0.29) is 11.5 Å². The van der Waals surface area contributed by atoms with E-state index in [1.54, 1.807) is 13.0 Å². The zero-order chi connectivity index (χ0) is 12.8. The fourth-order valence-corrected chi connectivity index (χ4v) is 1.74. The second-order valence-electron chi connectivity index (χ2n) is 3.73. The standard InChI is InChI=1S/C12H15NO3S/c1-4-16-12(15)9-7-17-11(13-9)10(14)6-5-8(2)3/h5-8H,4H2,1-3H3. The lowest BCUT2D eigenvalue weighted by Crippen LogP contribution is -2.05. The number of hydrogen-bond donors (Lipinski definition) is 0. The van der Waals surface area contributed by atoms with E-state index in [1.807, 2.05) is 13.8 Å². The summed E-state index contributed by atoms with van der Waals surface area (Å²) in [5.41, 5.74) is 0.193. The van der Waals surface area contributed by atoms with Crippen LogP contribution in [0.3, 0.4) is 0 Å². The van der Waals surface area contributed by atoms with Gasteiger partial charge in [0.15, 0.2) is 10.7 Å². The SMILES string of the molecule is CCOC(=O)c1csc(C(=O)C=CC(C)C)n1. The van der Waals surface area contributed by atoms with Crippen LogP contribution in [0.25, 0.3) is 0 Å². The first-order valence-electron chi connectivity index (χ1n) is 5.39. The number of carbonyl (C=O) groups excluding carboxylic acids is 2. The van der Waals surface area contributed by atoms with Gasteiger partial charge in [-0.3, -0.25) is 4.79 Å². The first-order chi connectivity index (χ1) is 8.04. The van der Waals surface area contributed by atoms with Gasteiger partial charge in [0.2, 0.25) is 5.78 Å². The molecular weight excluding hydrogens is 238 g/mol. The van der Waals surface area contributed by atoms with Crippen molar-refractivity contribution in [3.8, 4) is 0 Å². The van der Waals surface area contributed by atoms with Crippen molar-refractivity contribution in [2.75, 3.05) is 6.61 Å². The molecule has 1 aromatic heterocycles. The Hall–Kier alpha value is -1.49. The molecule has 0 aromatic carbocycles. The minimum absolute atomic E-state index is 0.181. The van der Waals surface area contributed by atoms with Crippen LogP contribution in [0, 0.1) is 5.92 Å². The largest absolute Gasteiger partial charge is 0.461 e. The van der Waals surface area contributed by atoms with Gasteiger partial charge >= 0.3 is 5.97 Å². The van der Waals surface area contributed by atoms with E-state index in [1.165, 1.54) is 11.5 Å². The predicted octanol–water partition coefficient (Wildman–Crippen LogP) is 2.71. The summed E-state index contributed by atoms with van der Waals surface area (Å²) in [5, 5.41) is 1.85. The Morgan fingerprint density at radius 2 is 2.24 bits per heavy atom. The summed E-state index contributed by atoms with van der Waals surface area (Å²) in [4.78, 5) is 26.9. The lowest BCUT2D eigenvalue weighted by molar-refractivity contribution is 0.0520. The van der Waals surface area contributed by atoms with Gasteiger partial charge in [0.05, 0.1) is 6.61 Å². The summed E-state index contributed by atoms with van der Waals surface area (Å²) in [6, 6.07) is 0. The molecule has 92 valence electrons.